The van der Waals surface area contributed by atoms with Gasteiger partial charge in [-0.2, -0.15) is 0 Å². The van der Waals surface area contributed by atoms with Gasteiger partial charge in [-0.05, 0) is 37.5 Å². The molecule has 18 heavy (non-hydrogen) atoms. The van der Waals surface area contributed by atoms with Crippen LogP contribution in [0.2, 0.25) is 0 Å². The molecular formula is C14H20N2O2. The van der Waals surface area contributed by atoms with Crippen molar-refractivity contribution in [2.45, 2.75) is 25.9 Å². The van der Waals surface area contributed by atoms with Crippen LogP contribution in [0.3, 0.4) is 0 Å². The van der Waals surface area contributed by atoms with Crippen molar-refractivity contribution in [3.63, 3.8) is 0 Å². The van der Waals surface area contributed by atoms with Crippen LogP contribution in [0.15, 0.2) is 18.2 Å². The lowest BCUT2D eigenvalue weighted by Gasteiger charge is -2.30. The maximum atomic E-state index is 12.4. The standard InChI is InChI=1S/C14H20N2O2/c1-10-3-4-12(13(9-10)15-2)14(18)16-7-5-11(17)6-8-16/h3-4,9,11,15,17H,5-8H2,1-2H3. The van der Waals surface area contributed by atoms with Crippen LogP contribution in [0.1, 0.15) is 28.8 Å². The molecule has 1 aliphatic rings. The molecule has 0 unspecified atom stereocenters. The summed E-state index contributed by atoms with van der Waals surface area (Å²) >= 11 is 0. The molecule has 0 atom stereocenters. The Labute approximate surface area is 108 Å². The van der Waals surface area contributed by atoms with E-state index in [0.717, 1.165) is 11.3 Å². The summed E-state index contributed by atoms with van der Waals surface area (Å²) in [6.07, 6.45) is 1.09. The normalized spacial score (nSPS) is 16.7. The van der Waals surface area contributed by atoms with Crippen molar-refractivity contribution < 1.29 is 9.90 Å². The van der Waals surface area contributed by atoms with E-state index in [2.05, 4.69) is 5.32 Å². The predicted molar refractivity (Wildman–Crippen MR) is 71.9 cm³/mol. The van der Waals surface area contributed by atoms with Gasteiger partial charge in [-0.25, -0.2) is 0 Å². The molecule has 1 amide bonds. The molecule has 4 heteroatoms. The van der Waals surface area contributed by atoms with E-state index < -0.39 is 0 Å². The Morgan fingerprint density at radius 1 is 1.39 bits per heavy atom. The van der Waals surface area contributed by atoms with Crippen LogP contribution in [0.5, 0.6) is 0 Å². The fourth-order valence-corrected chi connectivity index (χ4v) is 2.29. The number of piperidine rings is 1. The van der Waals surface area contributed by atoms with Crippen LogP contribution in [-0.4, -0.2) is 42.2 Å². The van der Waals surface area contributed by atoms with Crippen LogP contribution in [0.25, 0.3) is 0 Å². The highest BCUT2D eigenvalue weighted by Crippen LogP contribution is 2.21. The van der Waals surface area contributed by atoms with E-state index in [0.29, 0.717) is 31.5 Å². The van der Waals surface area contributed by atoms with Crippen molar-refractivity contribution in [3.05, 3.63) is 29.3 Å². The third-order valence-electron chi connectivity index (χ3n) is 3.43. The first-order valence-electron chi connectivity index (χ1n) is 6.37. The lowest BCUT2D eigenvalue weighted by atomic mass is 10.0. The number of carbonyl (C=O) groups is 1. The number of amides is 1. The third kappa shape index (κ3) is 2.64. The van der Waals surface area contributed by atoms with Gasteiger partial charge < -0.3 is 15.3 Å². The summed E-state index contributed by atoms with van der Waals surface area (Å²) in [5, 5.41) is 12.5. The summed E-state index contributed by atoms with van der Waals surface area (Å²) < 4.78 is 0. The van der Waals surface area contributed by atoms with Gasteiger partial charge in [0.05, 0.1) is 11.7 Å². The van der Waals surface area contributed by atoms with Gasteiger partial charge >= 0.3 is 0 Å². The Bertz CT molecular complexity index is 437. The molecule has 1 aromatic carbocycles. The quantitative estimate of drug-likeness (QED) is 0.836. The zero-order chi connectivity index (χ0) is 13.1. The minimum absolute atomic E-state index is 0.0475. The molecule has 1 heterocycles. The lowest BCUT2D eigenvalue weighted by Crippen LogP contribution is -2.40. The molecule has 0 bridgehead atoms. The van der Waals surface area contributed by atoms with Gasteiger partial charge in [-0.15, -0.1) is 0 Å². The van der Waals surface area contributed by atoms with Gasteiger partial charge in [0.15, 0.2) is 0 Å². The molecule has 98 valence electrons. The summed E-state index contributed by atoms with van der Waals surface area (Å²) in [6, 6.07) is 5.80. The Kier molecular flexibility index (Phi) is 3.87. The summed E-state index contributed by atoms with van der Waals surface area (Å²) in [6.45, 7) is 3.28. The third-order valence-corrected chi connectivity index (χ3v) is 3.43. The number of rotatable bonds is 2. The monoisotopic (exact) mass is 248 g/mol. The summed E-state index contributed by atoms with van der Waals surface area (Å²) in [4.78, 5) is 14.2. The summed E-state index contributed by atoms with van der Waals surface area (Å²) in [7, 11) is 1.82. The molecule has 2 N–H and O–H groups in total. The number of benzene rings is 1. The van der Waals surface area contributed by atoms with Gasteiger partial charge in [0.25, 0.3) is 5.91 Å². The molecule has 1 aromatic rings. The number of nitrogens with one attached hydrogen (secondary N) is 1. The van der Waals surface area contributed by atoms with Gasteiger partial charge in [0, 0.05) is 25.8 Å². The Hall–Kier alpha value is -1.55. The number of aryl methyl sites for hydroxylation is 1. The number of hydrogen-bond donors (Lipinski definition) is 2. The molecule has 0 aromatic heterocycles. The van der Waals surface area contributed by atoms with Crippen molar-refractivity contribution in [3.8, 4) is 0 Å². The fourth-order valence-electron chi connectivity index (χ4n) is 2.29. The first-order valence-corrected chi connectivity index (χ1v) is 6.37. The SMILES string of the molecule is CNc1cc(C)ccc1C(=O)N1CCC(O)CC1. The van der Waals surface area contributed by atoms with Crippen LogP contribution < -0.4 is 5.32 Å². The molecule has 2 rings (SSSR count). The highest BCUT2D eigenvalue weighted by molar-refractivity contribution is 5.99. The molecule has 0 saturated carbocycles. The summed E-state index contributed by atoms with van der Waals surface area (Å²) in [5.74, 6) is 0.0475. The molecule has 0 radical (unpaired) electrons. The zero-order valence-electron chi connectivity index (χ0n) is 10.9. The van der Waals surface area contributed by atoms with Gasteiger partial charge in [-0.3, -0.25) is 4.79 Å². The van der Waals surface area contributed by atoms with E-state index >= 15 is 0 Å². The van der Waals surface area contributed by atoms with E-state index in [-0.39, 0.29) is 12.0 Å². The molecule has 1 fully saturated rings. The molecule has 4 nitrogen and oxygen atoms in total. The predicted octanol–water partition coefficient (Wildman–Crippen LogP) is 1.63. The van der Waals surface area contributed by atoms with E-state index in [1.54, 1.807) is 0 Å². The van der Waals surface area contributed by atoms with E-state index in [1.165, 1.54) is 0 Å². The van der Waals surface area contributed by atoms with E-state index in [1.807, 2.05) is 37.1 Å². The van der Waals surface area contributed by atoms with Crippen molar-refractivity contribution in [2.75, 3.05) is 25.5 Å². The topological polar surface area (TPSA) is 52.6 Å². The Morgan fingerprint density at radius 3 is 2.67 bits per heavy atom. The molecule has 1 aliphatic heterocycles. The minimum Gasteiger partial charge on any atom is -0.393 e. The van der Waals surface area contributed by atoms with Gasteiger partial charge in [0.1, 0.15) is 0 Å². The second-order valence-corrected chi connectivity index (χ2v) is 4.82. The highest BCUT2D eigenvalue weighted by atomic mass is 16.3. The maximum absolute atomic E-state index is 12.4. The average molecular weight is 248 g/mol. The van der Waals surface area contributed by atoms with Crippen LogP contribution in [-0.2, 0) is 0 Å². The second kappa shape index (κ2) is 5.40. The average Bonchev–Trinajstić information content (AvgIpc) is 2.38. The number of likely N-dealkylation sites (tertiary alicyclic amines) is 1. The fraction of sp³-hybridized carbons (Fsp3) is 0.500. The van der Waals surface area contributed by atoms with Crippen LogP contribution in [0, 0.1) is 6.92 Å². The largest absolute Gasteiger partial charge is 0.393 e. The zero-order valence-corrected chi connectivity index (χ0v) is 10.9. The van der Waals surface area contributed by atoms with E-state index in [4.69, 9.17) is 0 Å². The number of anilines is 1. The number of aliphatic hydroxyl groups is 1. The van der Waals surface area contributed by atoms with Crippen molar-refractivity contribution in [1.82, 2.24) is 4.90 Å². The molecular weight excluding hydrogens is 228 g/mol. The number of nitrogens with zero attached hydrogens (tertiary/aromatic N) is 1. The first-order chi connectivity index (χ1) is 8.61. The molecule has 0 aliphatic carbocycles. The van der Waals surface area contributed by atoms with Crippen molar-refractivity contribution in [2.24, 2.45) is 0 Å². The number of hydrogen-bond acceptors (Lipinski definition) is 3. The second-order valence-electron chi connectivity index (χ2n) is 4.82. The highest BCUT2D eigenvalue weighted by Gasteiger charge is 2.23. The minimum atomic E-state index is -0.254. The van der Waals surface area contributed by atoms with Crippen molar-refractivity contribution in [1.29, 1.82) is 0 Å². The van der Waals surface area contributed by atoms with Crippen molar-refractivity contribution >= 4 is 11.6 Å². The van der Waals surface area contributed by atoms with Gasteiger partial charge in [-0.1, -0.05) is 6.07 Å². The molecule has 1 saturated heterocycles. The number of carbonyl (C=O) groups excluding carboxylic acids is 1. The van der Waals surface area contributed by atoms with E-state index in [9.17, 15) is 9.90 Å². The first kappa shape index (κ1) is 12.9. The maximum Gasteiger partial charge on any atom is 0.255 e. The lowest BCUT2D eigenvalue weighted by molar-refractivity contribution is 0.0547. The smallest absolute Gasteiger partial charge is 0.255 e. The van der Waals surface area contributed by atoms with Gasteiger partial charge in [0.2, 0.25) is 0 Å². The number of aliphatic hydroxyl groups excluding tert-OH is 1. The van der Waals surface area contributed by atoms with Crippen LogP contribution >= 0.6 is 0 Å². The van der Waals surface area contributed by atoms with Crippen LogP contribution in [0.4, 0.5) is 5.69 Å². The Balaban J connectivity index is 2.18. The Morgan fingerprint density at radius 2 is 2.06 bits per heavy atom. The molecule has 0 spiro atoms. The summed E-state index contributed by atoms with van der Waals surface area (Å²) in [5.41, 5.74) is 2.70.